The first-order chi connectivity index (χ1) is 9.35. The maximum absolute atomic E-state index is 5.64. The summed E-state index contributed by atoms with van der Waals surface area (Å²) in [6.07, 6.45) is -0.279. The van der Waals surface area contributed by atoms with E-state index in [-0.39, 0.29) is 6.29 Å². The Kier molecular flexibility index (Phi) is 5.13. The van der Waals surface area contributed by atoms with Gasteiger partial charge < -0.3 is 9.47 Å². The van der Waals surface area contributed by atoms with Gasteiger partial charge in [0.2, 0.25) is 0 Å². The van der Waals surface area contributed by atoms with Gasteiger partial charge in [-0.25, -0.2) is 0 Å². The molecule has 0 atom stereocenters. The topological polar surface area (TPSA) is 18.5 Å². The van der Waals surface area contributed by atoms with Gasteiger partial charge in [-0.15, -0.1) is 0 Å². The summed E-state index contributed by atoms with van der Waals surface area (Å²) in [6, 6.07) is 18.7. The summed E-state index contributed by atoms with van der Waals surface area (Å²) in [7, 11) is 0. The lowest BCUT2D eigenvalue weighted by Crippen LogP contribution is -2.08. The third-order valence-electron chi connectivity index (χ3n) is 2.90. The van der Waals surface area contributed by atoms with E-state index in [0.29, 0.717) is 13.2 Å². The molecule has 0 fully saturated rings. The molecule has 2 heteroatoms. The van der Waals surface area contributed by atoms with Crippen LogP contribution in [0.25, 0.3) is 11.1 Å². The second kappa shape index (κ2) is 7.07. The highest BCUT2D eigenvalue weighted by Crippen LogP contribution is 2.25. The van der Waals surface area contributed by atoms with Crippen LogP contribution in [-0.4, -0.2) is 13.2 Å². The summed E-state index contributed by atoms with van der Waals surface area (Å²) < 4.78 is 11.3. The zero-order valence-electron chi connectivity index (χ0n) is 11.5. The summed E-state index contributed by atoms with van der Waals surface area (Å²) in [5, 5.41) is 0. The van der Waals surface area contributed by atoms with Crippen LogP contribution in [0.4, 0.5) is 0 Å². The zero-order chi connectivity index (χ0) is 13.5. The van der Waals surface area contributed by atoms with Gasteiger partial charge in [-0.1, -0.05) is 48.5 Å². The van der Waals surface area contributed by atoms with Crippen molar-refractivity contribution in [2.45, 2.75) is 20.1 Å². The molecule has 0 N–H and O–H groups in total. The van der Waals surface area contributed by atoms with Gasteiger partial charge in [0.05, 0.1) is 0 Å². The van der Waals surface area contributed by atoms with E-state index in [2.05, 4.69) is 24.3 Å². The van der Waals surface area contributed by atoms with E-state index in [0.717, 1.165) is 5.56 Å². The first kappa shape index (κ1) is 13.8. The van der Waals surface area contributed by atoms with E-state index in [4.69, 9.17) is 9.47 Å². The molecule has 0 aromatic heterocycles. The van der Waals surface area contributed by atoms with Crippen molar-refractivity contribution in [3.8, 4) is 11.1 Å². The highest BCUT2D eigenvalue weighted by atomic mass is 16.7. The maximum atomic E-state index is 5.64. The molecule has 0 amide bonds. The minimum atomic E-state index is -0.279. The fraction of sp³-hybridized carbons (Fsp3) is 0.294. The third-order valence-corrected chi connectivity index (χ3v) is 2.90. The van der Waals surface area contributed by atoms with Gasteiger partial charge >= 0.3 is 0 Å². The Morgan fingerprint density at radius 1 is 0.789 bits per heavy atom. The molecule has 0 bridgehead atoms. The molecule has 0 aliphatic heterocycles. The molecule has 2 aromatic carbocycles. The molecular weight excluding hydrogens is 236 g/mol. The standard InChI is InChI=1S/C17H20O2/c1-3-18-17(19-4-2)16-12-8-11-15(13-16)14-9-6-5-7-10-14/h5-13,17H,3-4H2,1-2H3. The van der Waals surface area contributed by atoms with Crippen LogP contribution in [0.1, 0.15) is 25.7 Å². The van der Waals surface area contributed by atoms with Gasteiger partial charge in [0.25, 0.3) is 0 Å². The molecular formula is C17H20O2. The van der Waals surface area contributed by atoms with E-state index < -0.39 is 0 Å². The van der Waals surface area contributed by atoms with Crippen molar-refractivity contribution in [3.05, 3.63) is 60.2 Å². The molecule has 0 saturated heterocycles. The molecule has 19 heavy (non-hydrogen) atoms. The summed E-state index contributed by atoms with van der Waals surface area (Å²) in [6.45, 7) is 5.24. The van der Waals surface area contributed by atoms with Crippen LogP contribution in [-0.2, 0) is 9.47 Å². The summed E-state index contributed by atoms with van der Waals surface area (Å²) in [5.41, 5.74) is 3.45. The Balaban J connectivity index is 2.27. The van der Waals surface area contributed by atoms with Crippen molar-refractivity contribution < 1.29 is 9.47 Å². The van der Waals surface area contributed by atoms with Gasteiger partial charge in [0.15, 0.2) is 6.29 Å². The van der Waals surface area contributed by atoms with Crippen LogP contribution in [0.2, 0.25) is 0 Å². The lowest BCUT2D eigenvalue weighted by atomic mass is 10.0. The van der Waals surface area contributed by atoms with Crippen LogP contribution in [0.15, 0.2) is 54.6 Å². The van der Waals surface area contributed by atoms with Crippen LogP contribution >= 0.6 is 0 Å². The van der Waals surface area contributed by atoms with Crippen LogP contribution in [0.3, 0.4) is 0 Å². The van der Waals surface area contributed by atoms with Crippen molar-refractivity contribution >= 4 is 0 Å². The molecule has 0 spiro atoms. The van der Waals surface area contributed by atoms with E-state index >= 15 is 0 Å². The summed E-state index contributed by atoms with van der Waals surface area (Å²) in [4.78, 5) is 0. The second-order valence-corrected chi connectivity index (χ2v) is 4.23. The van der Waals surface area contributed by atoms with Crippen molar-refractivity contribution in [1.82, 2.24) is 0 Å². The monoisotopic (exact) mass is 256 g/mol. The molecule has 0 unspecified atom stereocenters. The third kappa shape index (κ3) is 3.66. The fourth-order valence-corrected chi connectivity index (χ4v) is 2.04. The Bertz CT molecular complexity index is 488. The number of rotatable bonds is 6. The van der Waals surface area contributed by atoms with Gasteiger partial charge in [-0.05, 0) is 31.0 Å². The highest BCUT2D eigenvalue weighted by Gasteiger charge is 2.11. The molecule has 0 aliphatic rings. The molecule has 2 aromatic rings. The van der Waals surface area contributed by atoms with E-state index in [1.54, 1.807) is 0 Å². The molecule has 0 radical (unpaired) electrons. The van der Waals surface area contributed by atoms with Crippen molar-refractivity contribution in [2.75, 3.05) is 13.2 Å². The zero-order valence-corrected chi connectivity index (χ0v) is 11.5. The van der Waals surface area contributed by atoms with E-state index in [9.17, 15) is 0 Å². The lowest BCUT2D eigenvalue weighted by Gasteiger charge is -2.18. The van der Waals surface area contributed by atoms with Crippen LogP contribution < -0.4 is 0 Å². The first-order valence-electron chi connectivity index (χ1n) is 6.73. The average molecular weight is 256 g/mol. The van der Waals surface area contributed by atoms with Crippen molar-refractivity contribution in [1.29, 1.82) is 0 Å². The first-order valence-corrected chi connectivity index (χ1v) is 6.73. The Labute approximate surface area is 115 Å². The lowest BCUT2D eigenvalue weighted by molar-refractivity contribution is -0.140. The Hall–Kier alpha value is -1.64. The highest BCUT2D eigenvalue weighted by molar-refractivity contribution is 5.64. The Morgan fingerprint density at radius 3 is 2.05 bits per heavy atom. The molecule has 2 nitrogen and oxygen atoms in total. The summed E-state index contributed by atoms with van der Waals surface area (Å²) in [5.74, 6) is 0. The van der Waals surface area contributed by atoms with Crippen molar-refractivity contribution in [3.63, 3.8) is 0 Å². The van der Waals surface area contributed by atoms with E-state index in [1.807, 2.05) is 44.2 Å². The minimum Gasteiger partial charge on any atom is -0.349 e. The number of ether oxygens (including phenoxy) is 2. The predicted octanol–water partition coefficient (Wildman–Crippen LogP) is 4.43. The minimum absolute atomic E-state index is 0.279. The summed E-state index contributed by atoms with van der Waals surface area (Å²) >= 11 is 0. The molecule has 0 aliphatic carbocycles. The van der Waals surface area contributed by atoms with Gasteiger partial charge in [-0.3, -0.25) is 0 Å². The van der Waals surface area contributed by atoms with Gasteiger partial charge in [0.1, 0.15) is 0 Å². The fourth-order valence-electron chi connectivity index (χ4n) is 2.04. The maximum Gasteiger partial charge on any atom is 0.183 e. The quantitative estimate of drug-likeness (QED) is 0.712. The number of hydrogen-bond donors (Lipinski definition) is 0. The SMILES string of the molecule is CCOC(OCC)c1cccc(-c2ccccc2)c1. The number of hydrogen-bond acceptors (Lipinski definition) is 2. The van der Waals surface area contributed by atoms with Crippen molar-refractivity contribution in [2.24, 2.45) is 0 Å². The number of benzene rings is 2. The molecule has 100 valence electrons. The molecule has 2 rings (SSSR count). The molecule has 0 saturated carbocycles. The molecule has 0 heterocycles. The van der Waals surface area contributed by atoms with E-state index in [1.165, 1.54) is 11.1 Å². The van der Waals surface area contributed by atoms with Gasteiger partial charge in [-0.2, -0.15) is 0 Å². The van der Waals surface area contributed by atoms with Gasteiger partial charge in [0, 0.05) is 18.8 Å². The largest absolute Gasteiger partial charge is 0.349 e. The smallest absolute Gasteiger partial charge is 0.183 e. The predicted molar refractivity (Wildman–Crippen MR) is 77.9 cm³/mol. The van der Waals surface area contributed by atoms with Crippen LogP contribution in [0.5, 0.6) is 0 Å². The normalized spacial score (nSPS) is 10.9. The Morgan fingerprint density at radius 2 is 1.42 bits per heavy atom. The van der Waals surface area contributed by atoms with Crippen LogP contribution in [0, 0.1) is 0 Å². The average Bonchev–Trinajstić information content (AvgIpc) is 2.48. The second-order valence-electron chi connectivity index (χ2n) is 4.23.